The van der Waals surface area contributed by atoms with Gasteiger partial charge in [0.2, 0.25) is 0 Å². The van der Waals surface area contributed by atoms with Crippen LogP contribution in [-0.4, -0.2) is 20.7 Å². The fourth-order valence-corrected chi connectivity index (χ4v) is 15.9. The van der Waals surface area contributed by atoms with Gasteiger partial charge in [-0.15, -0.1) is 0 Å². The lowest BCUT2D eigenvalue weighted by molar-refractivity contribution is 0.352. The standard InChI is InChI=1S/C57H42BN3O/c62-56-42-26-40-41(49-34-14-4-2-12-32(34)48(40)33-13-3-5-15-35(33)49)29-46(42)61-58-44-27-38-30-20-22-31(23-21-30)39(38)28-47(44)59-45-19-9-7-17-37(45)51-50-36-16-6-8-18-43(36)57(24-10-1-11-25-57)52(50)55(60(56)61)53(58)54(51)59/h2-9,12-19,26-31,48-49H,1,10-11,20-25H2. The third kappa shape index (κ3) is 3.39. The van der Waals surface area contributed by atoms with Crippen molar-refractivity contribution in [3.63, 3.8) is 0 Å². The minimum Gasteiger partial charge on any atom is -0.310 e. The fourth-order valence-electron chi connectivity index (χ4n) is 15.9. The van der Waals surface area contributed by atoms with Crippen molar-refractivity contribution >= 4 is 50.5 Å². The number of aromatic nitrogens is 3. The first-order valence-electron chi connectivity index (χ1n) is 23.6. The third-order valence-electron chi connectivity index (χ3n) is 18.1. The number of fused-ring (bicyclic) bond motifs is 20. The van der Waals surface area contributed by atoms with Crippen molar-refractivity contribution in [2.75, 3.05) is 0 Å². The molecule has 0 saturated heterocycles. The predicted molar refractivity (Wildman–Crippen MR) is 250 cm³/mol. The molecule has 4 nitrogen and oxygen atoms in total. The fraction of sp³-hybridized carbons (Fsp3) is 0.246. The minimum atomic E-state index is -0.139. The highest BCUT2D eigenvalue weighted by molar-refractivity contribution is 6.89. The molecule has 0 radical (unpaired) electrons. The quantitative estimate of drug-likeness (QED) is 0.141. The van der Waals surface area contributed by atoms with E-state index in [1.54, 1.807) is 11.1 Å². The van der Waals surface area contributed by atoms with E-state index in [1.807, 2.05) is 0 Å². The number of hydrogen-bond acceptors (Lipinski definition) is 1. The molecule has 2 aromatic heterocycles. The van der Waals surface area contributed by atoms with Gasteiger partial charge in [0.05, 0.1) is 27.6 Å². The predicted octanol–water partition coefficient (Wildman–Crippen LogP) is 11.1. The summed E-state index contributed by atoms with van der Waals surface area (Å²) in [4.78, 5) is 16.1. The van der Waals surface area contributed by atoms with Gasteiger partial charge in [-0.05, 0) is 147 Å². The molecule has 0 amide bonds. The minimum absolute atomic E-state index is 0.108. The molecule has 4 heterocycles. The van der Waals surface area contributed by atoms with Crippen molar-refractivity contribution in [1.29, 1.82) is 0 Å². The van der Waals surface area contributed by atoms with Gasteiger partial charge < -0.3 is 9.16 Å². The molecule has 1 spiro atoms. The maximum absolute atomic E-state index is 16.1. The van der Waals surface area contributed by atoms with E-state index in [0.717, 1.165) is 23.7 Å². The molecule has 0 atom stereocenters. The molecule has 0 N–H and O–H groups in total. The van der Waals surface area contributed by atoms with Crippen LogP contribution in [0, 0.1) is 0 Å². The summed E-state index contributed by atoms with van der Waals surface area (Å²) in [5.41, 5.74) is 26.1. The maximum atomic E-state index is 16.1. The second-order valence-corrected chi connectivity index (χ2v) is 20.4. The van der Waals surface area contributed by atoms with E-state index in [-0.39, 0.29) is 29.7 Å². The molecule has 2 fully saturated rings. The van der Waals surface area contributed by atoms with Crippen LogP contribution < -0.4 is 16.5 Å². The van der Waals surface area contributed by atoms with E-state index in [2.05, 4.69) is 135 Å². The molecule has 4 bridgehead atoms. The largest absolute Gasteiger partial charge is 0.353 e. The Morgan fingerprint density at radius 2 is 1.21 bits per heavy atom. The van der Waals surface area contributed by atoms with Gasteiger partial charge in [0.15, 0.2) is 0 Å². The van der Waals surface area contributed by atoms with Gasteiger partial charge in [-0.2, -0.15) is 0 Å². The van der Waals surface area contributed by atoms with Crippen LogP contribution in [0.1, 0.15) is 137 Å². The van der Waals surface area contributed by atoms with E-state index in [0.29, 0.717) is 11.8 Å². The van der Waals surface area contributed by atoms with Gasteiger partial charge in [0.25, 0.3) is 5.56 Å². The van der Waals surface area contributed by atoms with Crippen molar-refractivity contribution in [1.82, 2.24) is 13.8 Å². The number of benzene rings is 7. The van der Waals surface area contributed by atoms with Crippen LogP contribution in [0.2, 0.25) is 0 Å². The molecular weight excluding hydrogens is 753 g/mol. The van der Waals surface area contributed by atoms with E-state index in [1.165, 1.54) is 145 Å². The van der Waals surface area contributed by atoms with Crippen LogP contribution in [0.15, 0.2) is 126 Å². The lowest BCUT2D eigenvalue weighted by Crippen LogP contribution is -2.52. The lowest BCUT2D eigenvalue weighted by Gasteiger charge is -2.42. The lowest BCUT2D eigenvalue weighted by atomic mass is 9.47. The molecule has 2 aliphatic heterocycles. The third-order valence-corrected chi connectivity index (χ3v) is 18.1. The number of nitrogens with zero attached hydrogens (tertiary/aromatic N) is 3. The molecule has 19 rings (SSSR count). The summed E-state index contributed by atoms with van der Waals surface area (Å²) in [6.07, 6.45) is 11.1. The average Bonchev–Trinajstić information content (AvgIpc) is 4.03. The summed E-state index contributed by atoms with van der Waals surface area (Å²) >= 11 is 0. The first-order valence-corrected chi connectivity index (χ1v) is 23.6. The first kappa shape index (κ1) is 32.4. The Morgan fingerprint density at radius 3 is 1.94 bits per heavy atom. The summed E-state index contributed by atoms with van der Waals surface area (Å²) in [6, 6.07) is 47.0. The second kappa shape index (κ2) is 10.6. The summed E-state index contributed by atoms with van der Waals surface area (Å²) in [5, 5.41) is 3.60. The highest BCUT2D eigenvalue weighted by Crippen LogP contribution is 2.62. The summed E-state index contributed by atoms with van der Waals surface area (Å²) in [7, 11) is 0. The van der Waals surface area contributed by atoms with Gasteiger partial charge >= 0.3 is 6.85 Å². The van der Waals surface area contributed by atoms with Crippen molar-refractivity contribution in [2.45, 2.75) is 86.9 Å². The number of rotatable bonds is 0. The molecule has 8 aliphatic carbocycles. The van der Waals surface area contributed by atoms with Crippen molar-refractivity contribution in [3.8, 4) is 22.5 Å². The number of hydrogen-bond donors (Lipinski definition) is 0. The molecular formula is C57H42BN3O. The molecule has 9 aromatic rings. The Kier molecular flexibility index (Phi) is 5.56. The van der Waals surface area contributed by atoms with Crippen molar-refractivity contribution in [2.24, 2.45) is 0 Å². The van der Waals surface area contributed by atoms with Crippen LogP contribution in [-0.2, 0) is 5.41 Å². The summed E-state index contributed by atoms with van der Waals surface area (Å²) in [5.74, 6) is 1.52. The van der Waals surface area contributed by atoms with E-state index in [4.69, 9.17) is 0 Å². The van der Waals surface area contributed by atoms with E-state index < -0.39 is 0 Å². The molecule has 10 aliphatic rings. The zero-order chi connectivity index (χ0) is 39.9. The van der Waals surface area contributed by atoms with Crippen LogP contribution in [0.5, 0.6) is 0 Å². The normalized spacial score (nSPS) is 22.7. The van der Waals surface area contributed by atoms with Gasteiger partial charge in [-0.25, -0.2) is 4.68 Å². The molecule has 2 saturated carbocycles. The van der Waals surface area contributed by atoms with E-state index >= 15 is 4.79 Å². The Bertz CT molecular complexity index is 3650. The summed E-state index contributed by atoms with van der Waals surface area (Å²) < 4.78 is 7.46. The van der Waals surface area contributed by atoms with Gasteiger partial charge in [-0.1, -0.05) is 116 Å². The van der Waals surface area contributed by atoms with Crippen LogP contribution >= 0.6 is 0 Å². The SMILES string of the molecule is O=c1c2cc3c(cc2n2n1-c1c4c(c5c6ccccc6n6c5c1B2c1cc2c(cc1-6)C1CCC2CC1)-c1ccccc1C41CCCCC1)C1c2ccccc2C3c2ccccc21. The molecule has 0 unspecified atom stereocenters. The zero-order valence-corrected chi connectivity index (χ0v) is 34.5. The van der Waals surface area contributed by atoms with Gasteiger partial charge in [0, 0.05) is 39.2 Å². The monoisotopic (exact) mass is 795 g/mol. The maximum Gasteiger partial charge on any atom is 0.353 e. The molecule has 5 heteroatoms. The van der Waals surface area contributed by atoms with Crippen LogP contribution in [0.3, 0.4) is 0 Å². The highest BCUT2D eigenvalue weighted by Gasteiger charge is 2.54. The van der Waals surface area contributed by atoms with Crippen LogP contribution in [0.4, 0.5) is 0 Å². The zero-order valence-electron chi connectivity index (χ0n) is 34.5. The average molecular weight is 796 g/mol. The second-order valence-electron chi connectivity index (χ2n) is 20.4. The van der Waals surface area contributed by atoms with Crippen molar-refractivity contribution in [3.05, 3.63) is 187 Å². The topological polar surface area (TPSA) is 31.9 Å². The summed E-state index contributed by atoms with van der Waals surface area (Å²) in [6.45, 7) is -0.108. The van der Waals surface area contributed by atoms with Gasteiger partial charge in [-0.3, -0.25) is 4.79 Å². The Balaban J connectivity index is 1.07. The Labute approximate surface area is 359 Å². The number of para-hydroxylation sites is 1. The highest BCUT2D eigenvalue weighted by atomic mass is 16.1. The molecule has 294 valence electrons. The first-order chi connectivity index (χ1) is 30.7. The van der Waals surface area contributed by atoms with Crippen molar-refractivity contribution < 1.29 is 0 Å². The van der Waals surface area contributed by atoms with Crippen LogP contribution in [0.25, 0.3) is 55.2 Å². The smallest absolute Gasteiger partial charge is 0.310 e. The van der Waals surface area contributed by atoms with E-state index in [9.17, 15) is 0 Å². The molecule has 7 aromatic carbocycles. The Morgan fingerprint density at radius 1 is 0.581 bits per heavy atom. The Hall–Kier alpha value is -6.33. The molecule has 62 heavy (non-hydrogen) atoms. The van der Waals surface area contributed by atoms with Gasteiger partial charge in [0.1, 0.15) is 0 Å².